The maximum atomic E-state index is 13.5. The molecule has 1 aromatic carbocycles. The lowest BCUT2D eigenvalue weighted by atomic mass is 10.0. The number of rotatable bonds is 10. The van der Waals surface area contributed by atoms with Crippen molar-refractivity contribution in [1.82, 2.24) is 14.6 Å². The van der Waals surface area contributed by atoms with E-state index in [4.69, 9.17) is 30.1 Å². The molecule has 3 rings (SSSR count). The number of carbonyl (C=O) groups excluding carboxylic acids is 1. The van der Waals surface area contributed by atoms with Gasteiger partial charge in [0.2, 0.25) is 0 Å². The van der Waals surface area contributed by atoms with Crippen molar-refractivity contribution in [2.24, 2.45) is 5.92 Å². The first kappa shape index (κ1) is 27.1. The van der Waals surface area contributed by atoms with E-state index in [1.807, 2.05) is 0 Å². The number of benzene rings is 1. The Morgan fingerprint density at radius 2 is 2.00 bits per heavy atom. The average Bonchev–Trinajstić information content (AvgIpc) is 3.08. The molecule has 6 unspecified atom stereocenters. The smallest absolute Gasteiger partial charge is 0.459 e. The SMILES string of the molecule is CCOC(=O)C(C)NP(=O)(OCC1OC(n2ccc(=O)[nH]c2=O)C(C)C1O)Oc1ccc(Cl)cc1. The van der Waals surface area contributed by atoms with Crippen LogP contribution in [0.1, 0.15) is 27.0 Å². The molecule has 0 radical (unpaired) electrons. The van der Waals surface area contributed by atoms with E-state index in [0.717, 1.165) is 10.6 Å². The van der Waals surface area contributed by atoms with Crippen LogP contribution in [0.25, 0.3) is 0 Å². The van der Waals surface area contributed by atoms with Crippen LogP contribution < -0.4 is 20.9 Å². The summed E-state index contributed by atoms with van der Waals surface area (Å²) in [6.07, 6.45) is -1.76. The zero-order valence-electron chi connectivity index (χ0n) is 19.3. The third kappa shape index (κ3) is 6.81. The van der Waals surface area contributed by atoms with Crippen molar-refractivity contribution in [2.45, 2.75) is 45.2 Å². The lowest BCUT2D eigenvalue weighted by molar-refractivity contribution is -0.144. The first-order valence-electron chi connectivity index (χ1n) is 10.8. The first-order valence-corrected chi connectivity index (χ1v) is 12.7. The van der Waals surface area contributed by atoms with Gasteiger partial charge in [0.1, 0.15) is 24.1 Å². The van der Waals surface area contributed by atoms with Crippen LogP contribution in [0.15, 0.2) is 46.1 Å². The summed E-state index contributed by atoms with van der Waals surface area (Å²) >= 11 is 5.88. The number of H-pyrrole nitrogens is 1. The van der Waals surface area contributed by atoms with E-state index in [1.165, 1.54) is 37.4 Å². The molecule has 12 nitrogen and oxygen atoms in total. The number of aliphatic hydroxyl groups is 1. The molecule has 35 heavy (non-hydrogen) atoms. The molecular weight excluding hydrogens is 505 g/mol. The van der Waals surface area contributed by atoms with Crippen molar-refractivity contribution < 1.29 is 33.0 Å². The Morgan fingerprint density at radius 3 is 2.63 bits per heavy atom. The Kier molecular flexibility index (Phi) is 8.92. The minimum atomic E-state index is -4.20. The number of aliphatic hydroxyl groups excluding tert-OH is 1. The van der Waals surface area contributed by atoms with Crippen molar-refractivity contribution in [2.75, 3.05) is 13.2 Å². The fourth-order valence-corrected chi connectivity index (χ4v) is 5.06. The van der Waals surface area contributed by atoms with E-state index < -0.39 is 62.0 Å². The molecule has 1 saturated heterocycles. The van der Waals surface area contributed by atoms with Crippen LogP contribution in [-0.4, -0.2) is 52.1 Å². The molecule has 0 aliphatic carbocycles. The van der Waals surface area contributed by atoms with Crippen molar-refractivity contribution >= 4 is 25.3 Å². The molecule has 0 bridgehead atoms. The average molecular weight is 532 g/mol. The van der Waals surface area contributed by atoms with Gasteiger partial charge in [0, 0.05) is 23.2 Å². The summed E-state index contributed by atoms with van der Waals surface area (Å²) in [7, 11) is -4.20. The van der Waals surface area contributed by atoms with Gasteiger partial charge in [-0.2, -0.15) is 5.09 Å². The number of halogens is 1. The van der Waals surface area contributed by atoms with Crippen molar-refractivity contribution in [3.63, 3.8) is 0 Å². The second-order valence-corrected chi connectivity index (χ2v) is 10.0. The van der Waals surface area contributed by atoms with Gasteiger partial charge in [-0.15, -0.1) is 0 Å². The normalized spacial score (nSPS) is 24.5. The second kappa shape index (κ2) is 11.5. The van der Waals surface area contributed by atoms with Crippen LogP contribution >= 0.6 is 19.3 Å². The molecular formula is C21H27ClN3O9P. The van der Waals surface area contributed by atoms with Gasteiger partial charge in [-0.25, -0.2) is 9.36 Å². The van der Waals surface area contributed by atoms with Gasteiger partial charge in [-0.1, -0.05) is 18.5 Å². The van der Waals surface area contributed by atoms with Gasteiger partial charge in [0.15, 0.2) is 0 Å². The predicted molar refractivity (Wildman–Crippen MR) is 125 cm³/mol. The topological polar surface area (TPSA) is 158 Å². The van der Waals surface area contributed by atoms with Gasteiger partial charge in [0.25, 0.3) is 5.56 Å². The van der Waals surface area contributed by atoms with Crippen LogP contribution in [0.5, 0.6) is 5.75 Å². The standard InChI is InChI=1S/C21H27ClN3O9P/c1-4-31-20(28)13(3)24-35(30,34-15-7-5-14(22)6-8-15)32-11-16-18(27)12(2)19(33-16)25-10-9-17(26)23-21(25)29/h5-10,12-13,16,18-19,27H,4,11H2,1-3H3,(H,24,30)(H,23,26,29). The molecule has 0 spiro atoms. The summed E-state index contributed by atoms with van der Waals surface area (Å²) in [6, 6.07) is 6.09. The van der Waals surface area contributed by atoms with Crippen LogP contribution in [0, 0.1) is 5.92 Å². The zero-order chi connectivity index (χ0) is 25.8. The van der Waals surface area contributed by atoms with E-state index in [9.17, 15) is 24.1 Å². The first-order chi connectivity index (χ1) is 16.5. The molecule has 192 valence electrons. The van der Waals surface area contributed by atoms with E-state index in [0.29, 0.717) is 5.02 Å². The molecule has 1 aliphatic heterocycles. The van der Waals surface area contributed by atoms with Crippen molar-refractivity contribution in [1.29, 1.82) is 0 Å². The minimum absolute atomic E-state index is 0.125. The van der Waals surface area contributed by atoms with Crippen LogP contribution in [-0.2, 0) is 23.4 Å². The molecule has 3 N–H and O–H groups in total. The van der Waals surface area contributed by atoms with Gasteiger partial charge < -0.3 is 19.1 Å². The van der Waals surface area contributed by atoms with Gasteiger partial charge in [-0.3, -0.25) is 23.7 Å². The quantitative estimate of drug-likeness (QED) is 0.305. The molecule has 0 amide bonds. The van der Waals surface area contributed by atoms with Crippen molar-refractivity contribution in [3.8, 4) is 5.75 Å². The number of ether oxygens (including phenoxy) is 2. The zero-order valence-corrected chi connectivity index (χ0v) is 20.9. The summed E-state index contributed by atoms with van der Waals surface area (Å²) in [5.74, 6) is -1.09. The highest BCUT2D eigenvalue weighted by Crippen LogP contribution is 2.46. The third-order valence-electron chi connectivity index (χ3n) is 5.25. The molecule has 14 heteroatoms. The summed E-state index contributed by atoms with van der Waals surface area (Å²) in [6.45, 7) is 4.43. The Hall–Kier alpha value is -2.47. The van der Waals surface area contributed by atoms with Gasteiger partial charge >= 0.3 is 19.4 Å². The maximum absolute atomic E-state index is 13.5. The van der Waals surface area contributed by atoms with E-state index in [1.54, 1.807) is 13.8 Å². The number of aromatic amines is 1. The molecule has 2 aromatic rings. The number of nitrogens with one attached hydrogen (secondary N) is 2. The second-order valence-electron chi connectivity index (χ2n) is 7.87. The van der Waals surface area contributed by atoms with Gasteiger partial charge in [0.05, 0.1) is 19.3 Å². The summed E-state index contributed by atoms with van der Waals surface area (Å²) in [4.78, 5) is 37.7. The number of carbonyl (C=O) groups is 1. The summed E-state index contributed by atoms with van der Waals surface area (Å²) in [5, 5.41) is 13.6. The molecule has 2 heterocycles. The Morgan fingerprint density at radius 1 is 1.31 bits per heavy atom. The Bertz CT molecular complexity index is 1190. The van der Waals surface area contributed by atoms with E-state index in [-0.39, 0.29) is 12.4 Å². The van der Waals surface area contributed by atoms with Gasteiger partial charge in [-0.05, 0) is 38.1 Å². The fraction of sp³-hybridized carbons (Fsp3) is 0.476. The number of esters is 1. The van der Waals surface area contributed by atoms with Crippen molar-refractivity contribution in [3.05, 3.63) is 62.4 Å². The Labute approximate surface area is 205 Å². The number of hydrogen-bond donors (Lipinski definition) is 3. The van der Waals surface area contributed by atoms with Crippen LogP contribution in [0.2, 0.25) is 5.02 Å². The molecule has 1 aromatic heterocycles. The number of aromatic nitrogens is 2. The molecule has 0 saturated carbocycles. The minimum Gasteiger partial charge on any atom is -0.465 e. The highest BCUT2D eigenvalue weighted by molar-refractivity contribution is 7.52. The predicted octanol–water partition coefficient (Wildman–Crippen LogP) is 1.83. The van der Waals surface area contributed by atoms with E-state index in [2.05, 4.69) is 10.1 Å². The molecule has 6 atom stereocenters. The molecule has 1 fully saturated rings. The number of nitrogens with zero attached hydrogens (tertiary/aromatic N) is 1. The van der Waals surface area contributed by atoms with E-state index >= 15 is 0 Å². The lowest BCUT2D eigenvalue weighted by Gasteiger charge is -2.24. The maximum Gasteiger partial charge on any atom is 0.459 e. The number of hydrogen-bond acceptors (Lipinski definition) is 9. The highest BCUT2D eigenvalue weighted by atomic mass is 35.5. The fourth-order valence-electron chi connectivity index (χ4n) is 3.43. The van der Waals surface area contributed by atoms with Crippen LogP contribution in [0.3, 0.4) is 0 Å². The van der Waals surface area contributed by atoms with Crippen LogP contribution in [0.4, 0.5) is 0 Å². The lowest BCUT2D eigenvalue weighted by Crippen LogP contribution is -2.36. The largest absolute Gasteiger partial charge is 0.465 e. The summed E-state index contributed by atoms with van der Waals surface area (Å²) < 4.78 is 36.5. The third-order valence-corrected chi connectivity index (χ3v) is 7.14. The summed E-state index contributed by atoms with van der Waals surface area (Å²) in [5.41, 5.74) is -1.27. The highest BCUT2D eigenvalue weighted by Gasteiger charge is 2.44. The molecule has 1 aliphatic rings. The Balaban J connectivity index is 1.77. The monoisotopic (exact) mass is 531 g/mol.